The summed E-state index contributed by atoms with van der Waals surface area (Å²) < 4.78 is 5.48. The number of amides is 1. The lowest BCUT2D eigenvalue weighted by Gasteiger charge is -2.07. The first kappa shape index (κ1) is 16.8. The number of nitrogens with one attached hydrogen (secondary N) is 1. The lowest BCUT2D eigenvalue weighted by atomic mass is 10.2. The van der Waals surface area contributed by atoms with E-state index in [1.165, 1.54) is 18.3 Å². The predicted octanol–water partition coefficient (Wildman–Crippen LogP) is 3.60. The summed E-state index contributed by atoms with van der Waals surface area (Å²) in [5.41, 5.74) is 3.23. The molecule has 2 rings (SSSR count). The number of phenols is 1. The molecular formula is C17H17ClN2O3. The Morgan fingerprint density at radius 3 is 2.83 bits per heavy atom. The summed E-state index contributed by atoms with van der Waals surface area (Å²) in [6.07, 6.45) is 2.37. The van der Waals surface area contributed by atoms with Crippen LogP contribution in [-0.2, 0) is 0 Å². The molecule has 2 aromatic rings. The Balaban J connectivity index is 1.99. The Morgan fingerprint density at radius 1 is 1.35 bits per heavy atom. The van der Waals surface area contributed by atoms with Crippen molar-refractivity contribution in [3.8, 4) is 11.5 Å². The van der Waals surface area contributed by atoms with Gasteiger partial charge < -0.3 is 9.84 Å². The number of carbonyl (C=O) groups is 1. The maximum atomic E-state index is 11.9. The fourth-order valence-corrected chi connectivity index (χ4v) is 2.06. The molecule has 1 amide bonds. The highest BCUT2D eigenvalue weighted by molar-refractivity contribution is 6.32. The second-order valence-electron chi connectivity index (χ2n) is 4.75. The minimum atomic E-state index is -0.492. The molecule has 0 aliphatic rings. The standard InChI is InChI=1S/C17H17ClN2O3/c1-2-9-23-16-8-7-12(10-14(16)18)11-19-20-17(22)13-5-3-4-6-15(13)21/h3-8,10-11,21H,2,9H2,1H3,(H,20,22)/b19-11-. The number of hydrogen-bond acceptors (Lipinski definition) is 4. The van der Waals surface area contributed by atoms with Gasteiger partial charge in [-0.05, 0) is 42.3 Å². The van der Waals surface area contributed by atoms with E-state index in [2.05, 4.69) is 10.5 Å². The molecule has 0 aliphatic carbocycles. The Hall–Kier alpha value is -2.53. The zero-order chi connectivity index (χ0) is 16.7. The van der Waals surface area contributed by atoms with Crippen molar-refractivity contribution in [2.45, 2.75) is 13.3 Å². The van der Waals surface area contributed by atoms with E-state index in [4.69, 9.17) is 16.3 Å². The maximum absolute atomic E-state index is 11.9. The van der Waals surface area contributed by atoms with Gasteiger partial charge in [0.1, 0.15) is 11.5 Å². The average molecular weight is 333 g/mol. The fourth-order valence-electron chi connectivity index (χ4n) is 1.82. The normalized spacial score (nSPS) is 10.7. The highest BCUT2D eigenvalue weighted by Crippen LogP contribution is 2.25. The van der Waals surface area contributed by atoms with Gasteiger partial charge in [0, 0.05) is 0 Å². The summed E-state index contributed by atoms with van der Waals surface area (Å²) >= 11 is 6.12. The second kappa shape index (κ2) is 8.19. The van der Waals surface area contributed by atoms with Crippen LogP contribution in [0.25, 0.3) is 0 Å². The summed E-state index contributed by atoms with van der Waals surface area (Å²) in [6.45, 7) is 2.62. The lowest BCUT2D eigenvalue weighted by Crippen LogP contribution is -2.17. The first-order valence-corrected chi connectivity index (χ1v) is 7.53. The molecule has 0 aliphatic heterocycles. The van der Waals surface area contributed by atoms with Crippen LogP contribution < -0.4 is 10.2 Å². The Kier molecular flexibility index (Phi) is 6.00. The maximum Gasteiger partial charge on any atom is 0.275 e. The summed E-state index contributed by atoms with van der Waals surface area (Å²) in [4.78, 5) is 11.9. The third-order valence-corrected chi connectivity index (χ3v) is 3.24. The predicted molar refractivity (Wildman–Crippen MR) is 90.4 cm³/mol. The van der Waals surface area contributed by atoms with Gasteiger partial charge in [-0.2, -0.15) is 5.10 Å². The molecule has 0 saturated carbocycles. The molecule has 6 heteroatoms. The van der Waals surface area contributed by atoms with E-state index in [0.717, 1.165) is 12.0 Å². The fraction of sp³-hybridized carbons (Fsp3) is 0.176. The number of para-hydroxylation sites is 1. The van der Waals surface area contributed by atoms with Crippen molar-refractivity contribution in [2.24, 2.45) is 5.10 Å². The topological polar surface area (TPSA) is 70.9 Å². The largest absolute Gasteiger partial charge is 0.507 e. The smallest absolute Gasteiger partial charge is 0.275 e. The highest BCUT2D eigenvalue weighted by atomic mass is 35.5. The quantitative estimate of drug-likeness (QED) is 0.627. The van der Waals surface area contributed by atoms with Gasteiger partial charge in [-0.1, -0.05) is 30.7 Å². The van der Waals surface area contributed by atoms with Gasteiger partial charge in [-0.15, -0.1) is 0 Å². The number of ether oxygens (including phenoxy) is 1. The number of halogens is 1. The Bertz CT molecular complexity index is 717. The van der Waals surface area contributed by atoms with Gasteiger partial charge in [0.05, 0.1) is 23.4 Å². The van der Waals surface area contributed by atoms with E-state index in [0.29, 0.717) is 17.4 Å². The molecule has 120 valence electrons. The monoisotopic (exact) mass is 332 g/mol. The van der Waals surface area contributed by atoms with Crippen molar-refractivity contribution < 1.29 is 14.6 Å². The Labute approximate surface area is 139 Å². The van der Waals surface area contributed by atoms with E-state index in [1.54, 1.807) is 30.3 Å². The van der Waals surface area contributed by atoms with Crippen LogP contribution in [0.5, 0.6) is 11.5 Å². The Morgan fingerprint density at radius 2 is 2.13 bits per heavy atom. The highest BCUT2D eigenvalue weighted by Gasteiger charge is 2.08. The molecule has 0 saturated heterocycles. The minimum absolute atomic E-state index is 0.0966. The number of benzene rings is 2. The van der Waals surface area contributed by atoms with E-state index >= 15 is 0 Å². The van der Waals surface area contributed by atoms with Crippen LogP contribution in [0.2, 0.25) is 5.02 Å². The SMILES string of the molecule is CCCOc1ccc(/C=N\NC(=O)c2ccccc2O)cc1Cl. The van der Waals surface area contributed by atoms with E-state index in [1.807, 2.05) is 6.92 Å². The molecular weight excluding hydrogens is 316 g/mol. The molecule has 0 unspecified atom stereocenters. The third-order valence-electron chi connectivity index (χ3n) is 2.95. The molecule has 0 radical (unpaired) electrons. The van der Waals surface area contributed by atoms with Crippen LogP contribution in [-0.4, -0.2) is 23.8 Å². The number of hydrogen-bond donors (Lipinski definition) is 2. The van der Waals surface area contributed by atoms with Crippen molar-refractivity contribution in [3.05, 3.63) is 58.6 Å². The number of aromatic hydroxyl groups is 1. The first-order valence-electron chi connectivity index (χ1n) is 7.15. The van der Waals surface area contributed by atoms with Crippen LogP contribution in [0.15, 0.2) is 47.6 Å². The summed E-state index contributed by atoms with van der Waals surface area (Å²) in [7, 11) is 0. The van der Waals surface area contributed by atoms with Gasteiger partial charge in [0.2, 0.25) is 0 Å². The van der Waals surface area contributed by atoms with Crippen molar-refractivity contribution in [1.29, 1.82) is 0 Å². The van der Waals surface area contributed by atoms with Crippen molar-refractivity contribution in [2.75, 3.05) is 6.61 Å². The van der Waals surface area contributed by atoms with Crippen LogP contribution >= 0.6 is 11.6 Å². The molecule has 0 spiro atoms. The molecule has 23 heavy (non-hydrogen) atoms. The van der Waals surface area contributed by atoms with Crippen LogP contribution in [0.4, 0.5) is 0 Å². The number of nitrogens with zero attached hydrogens (tertiary/aromatic N) is 1. The van der Waals surface area contributed by atoms with Gasteiger partial charge >= 0.3 is 0 Å². The molecule has 0 aromatic heterocycles. The molecule has 0 fully saturated rings. The number of phenolic OH excluding ortho intramolecular Hbond substituents is 1. The van der Waals surface area contributed by atoms with Crippen molar-refractivity contribution >= 4 is 23.7 Å². The number of carbonyl (C=O) groups excluding carboxylic acids is 1. The first-order chi connectivity index (χ1) is 11.1. The van der Waals surface area contributed by atoms with Crippen LogP contribution in [0.1, 0.15) is 29.3 Å². The van der Waals surface area contributed by atoms with Crippen molar-refractivity contribution in [3.63, 3.8) is 0 Å². The molecule has 2 aromatic carbocycles. The van der Waals surface area contributed by atoms with Gasteiger partial charge in [0.25, 0.3) is 5.91 Å². The van der Waals surface area contributed by atoms with Gasteiger partial charge in [0.15, 0.2) is 0 Å². The molecule has 0 heterocycles. The van der Waals surface area contributed by atoms with Crippen LogP contribution in [0, 0.1) is 0 Å². The number of rotatable bonds is 6. The van der Waals surface area contributed by atoms with Gasteiger partial charge in [-0.25, -0.2) is 5.43 Å². The zero-order valence-corrected chi connectivity index (χ0v) is 13.4. The minimum Gasteiger partial charge on any atom is -0.507 e. The summed E-state index contributed by atoms with van der Waals surface area (Å²) in [5.74, 6) is 0.0259. The molecule has 5 nitrogen and oxygen atoms in total. The second-order valence-corrected chi connectivity index (χ2v) is 5.16. The van der Waals surface area contributed by atoms with E-state index < -0.39 is 5.91 Å². The van der Waals surface area contributed by atoms with E-state index in [9.17, 15) is 9.90 Å². The molecule has 0 bridgehead atoms. The molecule has 0 atom stereocenters. The molecule has 2 N–H and O–H groups in total. The van der Waals surface area contributed by atoms with Crippen molar-refractivity contribution in [1.82, 2.24) is 5.43 Å². The number of hydrazone groups is 1. The summed E-state index contributed by atoms with van der Waals surface area (Å²) in [5, 5.41) is 13.9. The lowest BCUT2D eigenvalue weighted by molar-refractivity contribution is 0.0952. The van der Waals surface area contributed by atoms with E-state index in [-0.39, 0.29) is 11.3 Å². The zero-order valence-electron chi connectivity index (χ0n) is 12.6. The third kappa shape index (κ3) is 4.72. The van der Waals surface area contributed by atoms with Gasteiger partial charge in [-0.3, -0.25) is 4.79 Å². The summed E-state index contributed by atoms with van der Waals surface area (Å²) in [6, 6.07) is 11.5. The van der Waals surface area contributed by atoms with Crippen LogP contribution in [0.3, 0.4) is 0 Å². The average Bonchev–Trinajstić information content (AvgIpc) is 2.54.